The van der Waals surface area contributed by atoms with E-state index in [9.17, 15) is 13.2 Å². The summed E-state index contributed by atoms with van der Waals surface area (Å²) in [5.74, 6) is 1.93. The fourth-order valence-electron chi connectivity index (χ4n) is 2.87. The molecule has 0 aliphatic rings. The molecule has 1 N–H and O–H groups in total. The van der Waals surface area contributed by atoms with Crippen LogP contribution < -0.4 is 4.72 Å². The molecule has 0 saturated carbocycles. The monoisotopic (exact) mass is 423 g/mol. The number of carbonyl (C=O) groups excluding carboxylic acids is 1. The van der Waals surface area contributed by atoms with Gasteiger partial charge in [-0.2, -0.15) is 9.82 Å². The Morgan fingerprint density at radius 3 is 2.63 bits per heavy atom. The van der Waals surface area contributed by atoms with Crippen LogP contribution in [0.15, 0.2) is 66.1 Å². The molecule has 0 aliphatic carbocycles. The van der Waals surface area contributed by atoms with Crippen molar-refractivity contribution >= 4 is 15.9 Å². The fraction of sp³-hybridized carbons (Fsp3) is 0.190. The molecule has 30 heavy (non-hydrogen) atoms. The van der Waals surface area contributed by atoms with Crippen molar-refractivity contribution in [3.05, 3.63) is 72.3 Å². The first-order valence-corrected chi connectivity index (χ1v) is 10.6. The van der Waals surface area contributed by atoms with Crippen LogP contribution >= 0.6 is 0 Å². The predicted molar refractivity (Wildman–Crippen MR) is 112 cm³/mol. The lowest BCUT2D eigenvalue weighted by atomic mass is 10.1. The third-order valence-electron chi connectivity index (χ3n) is 4.72. The maximum Gasteiger partial charge on any atom is 0.254 e. The normalized spacial score (nSPS) is 12.2. The van der Waals surface area contributed by atoms with Crippen molar-refractivity contribution in [3.63, 3.8) is 0 Å². The first-order chi connectivity index (χ1) is 14.3. The lowest BCUT2D eigenvalue weighted by Crippen LogP contribution is -2.30. The van der Waals surface area contributed by atoms with Crippen molar-refractivity contribution < 1.29 is 13.2 Å². The van der Waals surface area contributed by atoms with Gasteiger partial charge in [-0.3, -0.25) is 4.79 Å². The van der Waals surface area contributed by atoms with E-state index in [2.05, 4.69) is 20.7 Å². The number of hydrogen-bond acceptors (Lipinski definition) is 5. The van der Waals surface area contributed by atoms with Crippen LogP contribution in [0.1, 0.15) is 28.9 Å². The van der Waals surface area contributed by atoms with E-state index in [4.69, 9.17) is 6.42 Å². The summed E-state index contributed by atoms with van der Waals surface area (Å²) in [7, 11) is -2.10. The Labute approximate surface area is 175 Å². The van der Waals surface area contributed by atoms with Gasteiger partial charge in [0, 0.05) is 12.6 Å². The van der Waals surface area contributed by atoms with Gasteiger partial charge in [0.25, 0.3) is 5.91 Å². The molecule has 0 aliphatic heterocycles. The second kappa shape index (κ2) is 8.90. The van der Waals surface area contributed by atoms with E-state index in [-0.39, 0.29) is 29.0 Å². The molecule has 1 amide bonds. The Hall–Kier alpha value is -3.48. The van der Waals surface area contributed by atoms with Crippen LogP contribution in [0.3, 0.4) is 0 Å². The number of amides is 1. The number of terminal acetylenes is 1. The lowest BCUT2D eigenvalue weighted by molar-refractivity contribution is 0.0742. The number of nitrogens with one attached hydrogen (secondary N) is 1. The quantitative estimate of drug-likeness (QED) is 0.587. The van der Waals surface area contributed by atoms with Crippen LogP contribution in [0, 0.1) is 12.3 Å². The van der Waals surface area contributed by atoms with Gasteiger partial charge in [-0.25, -0.2) is 18.1 Å². The maximum absolute atomic E-state index is 13.0. The van der Waals surface area contributed by atoms with E-state index < -0.39 is 10.0 Å². The number of aromatic nitrogens is 3. The van der Waals surface area contributed by atoms with Crippen molar-refractivity contribution in [2.45, 2.75) is 17.9 Å². The highest BCUT2D eigenvalue weighted by molar-refractivity contribution is 7.89. The number of sulfonamides is 1. The highest BCUT2D eigenvalue weighted by atomic mass is 32.2. The minimum absolute atomic E-state index is 0.0122. The lowest BCUT2D eigenvalue weighted by Gasteiger charge is -2.26. The highest BCUT2D eigenvalue weighted by Crippen LogP contribution is 2.23. The standard InChI is InChI=1S/C21H21N5O3S/c1-4-12-24-30(28,29)20-7-5-6-18(13-20)21(27)25(3)16(2)17-8-10-19(11-9-17)26-15-22-14-23-26/h1,5-11,13-16,24H,12H2,2-3H3. The molecule has 0 saturated heterocycles. The molecule has 8 nitrogen and oxygen atoms in total. The molecule has 154 valence electrons. The Kier molecular flexibility index (Phi) is 6.30. The smallest absolute Gasteiger partial charge is 0.254 e. The summed E-state index contributed by atoms with van der Waals surface area (Å²) in [6.45, 7) is 1.78. The second-order valence-corrected chi connectivity index (χ2v) is 8.35. The third-order valence-corrected chi connectivity index (χ3v) is 6.11. The van der Waals surface area contributed by atoms with Crippen LogP contribution in [0.2, 0.25) is 0 Å². The Morgan fingerprint density at radius 1 is 1.27 bits per heavy atom. The molecule has 1 heterocycles. The van der Waals surface area contributed by atoms with E-state index in [1.54, 1.807) is 29.0 Å². The van der Waals surface area contributed by atoms with E-state index in [0.717, 1.165) is 11.3 Å². The fourth-order valence-corrected chi connectivity index (χ4v) is 3.85. The summed E-state index contributed by atoms with van der Waals surface area (Å²) in [6, 6.07) is 13.3. The van der Waals surface area contributed by atoms with Gasteiger partial charge in [0.05, 0.1) is 23.2 Å². The van der Waals surface area contributed by atoms with Gasteiger partial charge >= 0.3 is 0 Å². The number of carbonyl (C=O) groups is 1. The number of hydrogen-bond donors (Lipinski definition) is 1. The molecular weight excluding hydrogens is 402 g/mol. The predicted octanol–water partition coefficient (Wildman–Crippen LogP) is 2.01. The summed E-state index contributed by atoms with van der Waals surface area (Å²) < 4.78 is 28.5. The molecule has 9 heteroatoms. The first kappa shape index (κ1) is 21.2. The molecule has 1 atom stereocenters. The van der Waals surface area contributed by atoms with E-state index >= 15 is 0 Å². The molecule has 0 bridgehead atoms. The van der Waals surface area contributed by atoms with Crippen LogP contribution in [0.25, 0.3) is 5.69 Å². The molecule has 2 aromatic carbocycles. The highest BCUT2D eigenvalue weighted by Gasteiger charge is 2.21. The van der Waals surface area contributed by atoms with E-state index in [1.807, 2.05) is 31.2 Å². The first-order valence-electron chi connectivity index (χ1n) is 9.09. The van der Waals surface area contributed by atoms with Gasteiger partial charge < -0.3 is 4.90 Å². The van der Waals surface area contributed by atoms with Gasteiger partial charge in [-0.15, -0.1) is 6.42 Å². The minimum atomic E-state index is -3.78. The van der Waals surface area contributed by atoms with Gasteiger partial charge in [0.2, 0.25) is 10.0 Å². The average molecular weight is 423 g/mol. The second-order valence-electron chi connectivity index (χ2n) is 6.58. The molecule has 0 spiro atoms. The van der Waals surface area contributed by atoms with Crippen LogP contribution in [0.5, 0.6) is 0 Å². The SMILES string of the molecule is C#CCNS(=O)(=O)c1cccc(C(=O)N(C)C(C)c2ccc(-n3cncn3)cc2)c1. The van der Waals surface area contributed by atoms with Gasteiger partial charge in [0.1, 0.15) is 12.7 Å². The number of nitrogens with zero attached hydrogens (tertiary/aromatic N) is 4. The molecule has 1 aromatic heterocycles. The summed E-state index contributed by atoms with van der Waals surface area (Å²) in [5.41, 5.74) is 2.05. The molecule has 0 radical (unpaired) electrons. The zero-order valence-electron chi connectivity index (χ0n) is 16.6. The molecule has 3 aromatic rings. The van der Waals surface area contributed by atoms with Crippen LogP contribution in [-0.2, 0) is 10.0 Å². The average Bonchev–Trinajstić information content (AvgIpc) is 3.31. The Morgan fingerprint density at radius 2 is 2.00 bits per heavy atom. The van der Waals surface area contributed by atoms with Crippen molar-refractivity contribution in [2.75, 3.05) is 13.6 Å². The number of rotatable bonds is 7. The zero-order chi connectivity index (χ0) is 21.7. The van der Waals surface area contributed by atoms with Gasteiger partial charge in [-0.05, 0) is 42.8 Å². The summed E-state index contributed by atoms with van der Waals surface area (Å²) >= 11 is 0. The summed E-state index contributed by atoms with van der Waals surface area (Å²) in [4.78, 5) is 18.4. The van der Waals surface area contributed by atoms with Gasteiger partial charge in [-0.1, -0.05) is 24.1 Å². The largest absolute Gasteiger partial charge is 0.335 e. The van der Waals surface area contributed by atoms with Crippen molar-refractivity contribution in [1.82, 2.24) is 24.4 Å². The van der Waals surface area contributed by atoms with Crippen LogP contribution in [0.4, 0.5) is 0 Å². The molecule has 1 unspecified atom stereocenters. The molecule has 3 rings (SSSR count). The summed E-state index contributed by atoms with van der Waals surface area (Å²) in [6.07, 6.45) is 8.17. The summed E-state index contributed by atoms with van der Waals surface area (Å²) in [5, 5.41) is 4.09. The molecular formula is C21H21N5O3S. The van der Waals surface area contributed by atoms with E-state index in [0.29, 0.717) is 0 Å². The van der Waals surface area contributed by atoms with Crippen molar-refractivity contribution in [2.24, 2.45) is 0 Å². The van der Waals surface area contributed by atoms with Gasteiger partial charge in [0.15, 0.2) is 0 Å². The van der Waals surface area contributed by atoms with Crippen LogP contribution in [-0.4, -0.2) is 47.6 Å². The van der Waals surface area contributed by atoms with Crippen molar-refractivity contribution in [3.8, 4) is 18.0 Å². The van der Waals surface area contributed by atoms with Crippen molar-refractivity contribution in [1.29, 1.82) is 0 Å². The maximum atomic E-state index is 13.0. The Bertz CT molecular complexity index is 1170. The third kappa shape index (κ3) is 4.56. The minimum Gasteiger partial charge on any atom is -0.335 e. The Balaban J connectivity index is 1.78. The number of benzene rings is 2. The topological polar surface area (TPSA) is 97.2 Å². The van der Waals surface area contributed by atoms with E-state index in [1.165, 1.54) is 24.5 Å². The molecule has 0 fully saturated rings. The zero-order valence-corrected chi connectivity index (χ0v) is 17.4.